The van der Waals surface area contributed by atoms with Crippen molar-refractivity contribution in [3.05, 3.63) is 48.0 Å². The predicted molar refractivity (Wildman–Crippen MR) is 92.3 cm³/mol. The van der Waals surface area contributed by atoms with Crippen LogP contribution in [0.3, 0.4) is 0 Å². The number of hydrogen-bond donors (Lipinski definition) is 2. The number of amides is 1. The number of nitrogens with one attached hydrogen (secondary N) is 2. The van der Waals surface area contributed by atoms with Gasteiger partial charge in [-0.25, -0.2) is 0 Å². The van der Waals surface area contributed by atoms with Crippen LogP contribution in [-0.2, 0) is 9.53 Å². The lowest BCUT2D eigenvalue weighted by Crippen LogP contribution is -2.38. The third kappa shape index (κ3) is 4.09. The molecule has 0 saturated carbocycles. The molecule has 0 spiro atoms. The molecule has 2 aromatic carbocycles. The number of rotatable bonds is 6. The fraction of sp³-hybridized carbons (Fsp3) is 0.421. The number of ether oxygens (including phenoxy) is 1. The minimum atomic E-state index is -0.0156. The zero-order chi connectivity index (χ0) is 16.1. The van der Waals surface area contributed by atoms with Gasteiger partial charge in [0.15, 0.2) is 0 Å². The summed E-state index contributed by atoms with van der Waals surface area (Å²) in [5.74, 6) is 0.0171. The Morgan fingerprint density at radius 2 is 2.09 bits per heavy atom. The monoisotopic (exact) mass is 312 g/mol. The van der Waals surface area contributed by atoms with E-state index in [1.807, 2.05) is 25.1 Å². The van der Waals surface area contributed by atoms with Crippen LogP contribution in [0.2, 0.25) is 0 Å². The number of hydrogen-bond acceptors (Lipinski definition) is 3. The van der Waals surface area contributed by atoms with Crippen molar-refractivity contribution in [3.63, 3.8) is 0 Å². The van der Waals surface area contributed by atoms with Gasteiger partial charge in [0, 0.05) is 13.2 Å². The first-order valence-corrected chi connectivity index (χ1v) is 8.33. The third-order valence-corrected chi connectivity index (χ3v) is 4.35. The van der Waals surface area contributed by atoms with Crippen LogP contribution in [0.15, 0.2) is 42.5 Å². The second-order valence-corrected chi connectivity index (χ2v) is 6.12. The molecule has 4 heteroatoms. The van der Waals surface area contributed by atoms with Gasteiger partial charge in [0.25, 0.3) is 0 Å². The van der Waals surface area contributed by atoms with Gasteiger partial charge in [0.05, 0.1) is 18.7 Å². The van der Waals surface area contributed by atoms with Gasteiger partial charge in [-0.15, -0.1) is 0 Å². The Morgan fingerprint density at radius 3 is 2.91 bits per heavy atom. The fourth-order valence-electron chi connectivity index (χ4n) is 3.15. The Bertz CT molecular complexity index is 660. The SMILES string of the molecule is CC(NC(=O)CNCC1CCCO1)c1cccc2ccccc12. The van der Waals surface area contributed by atoms with Crippen LogP contribution < -0.4 is 10.6 Å². The third-order valence-electron chi connectivity index (χ3n) is 4.35. The summed E-state index contributed by atoms with van der Waals surface area (Å²) in [4.78, 5) is 12.1. The van der Waals surface area contributed by atoms with E-state index < -0.39 is 0 Å². The Labute approximate surface area is 137 Å². The maximum absolute atomic E-state index is 12.1. The molecule has 2 unspecified atom stereocenters. The summed E-state index contributed by atoms with van der Waals surface area (Å²) in [6.45, 7) is 3.95. The molecule has 1 fully saturated rings. The molecule has 4 nitrogen and oxygen atoms in total. The molecule has 122 valence electrons. The molecule has 0 aliphatic carbocycles. The van der Waals surface area contributed by atoms with Crippen molar-refractivity contribution in [2.45, 2.75) is 31.9 Å². The molecule has 0 aromatic heterocycles. The average Bonchev–Trinajstić information content (AvgIpc) is 3.07. The molecule has 1 saturated heterocycles. The highest BCUT2D eigenvalue weighted by Crippen LogP contribution is 2.23. The van der Waals surface area contributed by atoms with Crippen molar-refractivity contribution in [2.24, 2.45) is 0 Å². The molecule has 1 aliphatic rings. The summed E-state index contributed by atoms with van der Waals surface area (Å²) >= 11 is 0. The smallest absolute Gasteiger partial charge is 0.234 e. The van der Waals surface area contributed by atoms with Crippen LogP contribution in [0, 0.1) is 0 Å². The van der Waals surface area contributed by atoms with Crippen LogP contribution in [0.5, 0.6) is 0 Å². The van der Waals surface area contributed by atoms with E-state index in [9.17, 15) is 4.79 Å². The summed E-state index contributed by atoms with van der Waals surface area (Å²) in [6, 6.07) is 14.4. The van der Waals surface area contributed by atoms with Crippen LogP contribution in [-0.4, -0.2) is 31.7 Å². The van der Waals surface area contributed by atoms with Gasteiger partial charge in [-0.1, -0.05) is 42.5 Å². The van der Waals surface area contributed by atoms with E-state index in [0.717, 1.165) is 31.6 Å². The lowest BCUT2D eigenvalue weighted by atomic mass is 10.00. The topological polar surface area (TPSA) is 50.4 Å². The van der Waals surface area contributed by atoms with Gasteiger partial charge in [0.2, 0.25) is 5.91 Å². The van der Waals surface area contributed by atoms with Gasteiger partial charge < -0.3 is 15.4 Å². The molecule has 0 radical (unpaired) electrons. The predicted octanol–water partition coefficient (Wildman–Crippen LogP) is 2.79. The van der Waals surface area contributed by atoms with Crippen LogP contribution in [0.25, 0.3) is 10.8 Å². The number of benzene rings is 2. The van der Waals surface area contributed by atoms with Crippen molar-refractivity contribution in [2.75, 3.05) is 19.7 Å². The standard InChI is InChI=1S/C19H24N2O2/c1-14(17-10-4-7-15-6-2-3-9-18(15)17)21-19(22)13-20-12-16-8-5-11-23-16/h2-4,6-7,9-10,14,16,20H,5,8,11-13H2,1H3,(H,21,22). The minimum Gasteiger partial charge on any atom is -0.377 e. The van der Waals surface area contributed by atoms with Crippen molar-refractivity contribution in [1.29, 1.82) is 0 Å². The molecule has 0 bridgehead atoms. The Balaban J connectivity index is 1.55. The number of fused-ring (bicyclic) bond motifs is 1. The number of carbonyl (C=O) groups excluding carboxylic acids is 1. The van der Waals surface area contributed by atoms with E-state index in [4.69, 9.17) is 4.74 Å². The normalized spacial score (nSPS) is 18.9. The van der Waals surface area contributed by atoms with Crippen LogP contribution in [0.1, 0.15) is 31.4 Å². The highest BCUT2D eigenvalue weighted by Gasteiger charge is 2.16. The highest BCUT2D eigenvalue weighted by atomic mass is 16.5. The zero-order valence-electron chi connectivity index (χ0n) is 13.5. The maximum atomic E-state index is 12.1. The van der Waals surface area contributed by atoms with Crippen LogP contribution >= 0.6 is 0 Å². The van der Waals surface area contributed by atoms with Crippen LogP contribution in [0.4, 0.5) is 0 Å². The molecule has 1 aliphatic heterocycles. The molecule has 23 heavy (non-hydrogen) atoms. The summed E-state index contributed by atoms with van der Waals surface area (Å²) in [5, 5.41) is 8.64. The Morgan fingerprint density at radius 1 is 1.26 bits per heavy atom. The first kappa shape index (κ1) is 16.0. The summed E-state index contributed by atoms with van der Waals surface area (Å²) in [7, 11) is 0. The average molecular weight is 312 g/mol. The van der Waals surface area contributed by atoms with Crippen molar-refractivity contribution < 1.29 is 9.53 Å². The van der Waals surface area contributed by atoms with Gasteiger partial charge in [-0.2, -0.15) is 0 Å². The van der Waals surface area contributed by atoms with E-state index in [0.29, 0.717) is 6.54 Å². The molecule has 2 N–H and O–H groups in total. The molecule has 1 amide bonds. The van der Waals surface area contributed by atoms with Crippen molar-refractivity contribution in [1.82, 2.24) is 10.6 Å². The summed E-state index contributed by atoms with van der Waals surface area (Å²) < 4.78 is 5.54. The van der Waals surface area contributed by atoms with Crippen molar-refractivity contribution >= 4 is 16.7 Å². The molecule has 2 atom stereocenters. The molecule has 1 heterocycles. The maximum Gasteiger partial charge on any atom is 0.234 e. The second-order valence-electron chi connectivity index (χ2n) is 6.12. The Hall–Kier alpha value is -1.91. The van der Waals surface area contributed by atoms with Gasteiger partial charge in [0.1, 0.15) is 0 Å². The van der Waals surface area contributed by atoms with Gasteiger partial charge in [-0.05, 0) is 36.1 Å². The summed E-state index contributed by atoms with van der Waals surface area (Å²) in [5.41, 5.74) is 1.15. The zero-order valence-corrected chi connectivity index (χ0v) is 13.5. The second kappa shape index (κ2) is 7.57. The molecular weight excluding hydrogens is 288 g/mol. The number of carbonyl (C=O) groups is 1. The first-order chi connectivity index (χ1) is 11.2. The largest absolute Gasteiger partial charge is 0.377 e. The molecule has 3 rings (SSSR count). The first-order valence-electron chi connectivity index (χ1n) is 8.33. The van der Waals surface area contributed by atoms with E-state index in [2.05, 4.69) is 34.9 Å². The van der Waals surface area contributed by atoms with E-state index in [-0.39, 0.29) is 18.1 Å². The highest BCUT2D eigenvalue weighted by molar-refractivity contribution is 5.87. The minimum absolute atomic E-state index is 0.0156. The quantitative estimate of drug-likeness (QED) is 0.862. The lowest BCUT2D eigenvalue weighted by Gasteiger charge is -2.17. The molecule has 2 aromatic rings. The van der Waals surface area contributed by atoms with Crippen molar-refractivity contribution in [3.8, 4) is 0 Å². The van der Waals surface area contributed by atoms with E-state index in [1.165, 1.54) is 10.8 Å². The summed E-state index contributed by atoms with van der Waals surface area (Å²) in [6.07, 6.45) is 2.47. The lowest BCUT2D eigenvalue weighted by molar-refractivity contribution is -0.120. The Kier molecular flexibility index (Phi) is 5.26. The van der Waals surface area contributed by atoms with Gasteiger partial charge >= 0.3 is 0 Å². The fourth-order valence-corrected chi connectivity index (χ4v) is 3.15. The molecular formula is C19H24N2O2. The van der Waals surface area contributed by atoms with E-state index >= 15 is 0 Å². The van der Waals surface area contributed by atoms with Gasteiger partial charge in [-0.3, -0.25) is 4.79 Å². The van der Waals surface area contributed by atoms with E-state index in [1.54, 1.807) is 0 Å².